The van der Waals surface area contributed by atoms with Gasteiger partial charge in [-0.25, -0.2) is 4.79 Å². The lowest BCUT2D eigenvalue weighted by Crippen LogP contribution is -1.92. The van der Waals surface area contributed by atoms with Crippen molar-refractivity contribution in [3.63, 3.8) is 0 Å². The molecule has 1 saturated carbocycles. The summed E-state index contributed by atoms with van der Waals surface area (Å²) in [4.78, 5) is 11.2. The van der Waals surface area contributed by atoms with Crippen LogP contribution in [-0.4, -0.2) is 5.97 Å². The van der Waals surface area contributed by atoms with Crippen LogP contribution in [-0.2, 0) is 11.3 Å². The van der Waals surface area contributed by atoms with Crippen molar-refractivity contribution >= 4 is 12.0 Å². The Morgan fingerprint density at radius 1 is 1.29 bits per heavy atom. The van der Waals surface area contributed by atoms with Crippen LogP contribution < -0.4 is 0 Å². The van der Waals surface area contributed by atoms with Gasteiger partial charge in [0.1, 0.15) is 6.61 Å². The van der Waals surface area contributed by atoms with E-state index in [4.69, 9.17) is 4.74 Å². The monoisotopic (exact) mass is 186 g/mol. The van der Waals surface area contributed by atoms with Gasteiger partial charge in [0.05, 0.1) is 5.56 Å². The number of benzene rings is 1. The van der Waals surface area contributed by atoms with Gasteiger partial charge in [0.25, 0.3) is 0 Å². The minimum Gasteiger partial charge on any atom is -0.457 e. The van der Waals surface area contributed by atoms with Crippen LogP contribution in [0.2, 0.25) is 0 Å². The molecule has 0 N–H and O–H groups in total. The van der Waals surface area contributed by atoms with Crippen LogP contribution in [0.25, 0.3) is 6.08 Å². The van der Waals surface area contributed by atoms with Crippen LogP contribution in [0, 0.1) is 0 Å². The highest BCUT2D eigenvalue weighted by atomic mass is 16.5. The summed E-state index contributed by atoms with van der Waals surface area (Å²) in [5.74, 6) is -0.189. The van der Waals surface area contributed by atoms with Gasteiger partial charge in [0, 0.05) is 5.56 Å². The van der Waals surface area contributed by atoms with E-state index in [0.717, 1.165) is 11.1 Å². The Bertz CT molecular complexity index is 438. The van der Waals surface area contributed by atoms with E-state index >= 15 is 0 Å². The average molecular weight is 186 g/mol. The zero-order chi connectivity index (χ0) is 9.54. The number of hydrogen-bond donors (Lipinski definition) is 0. The smallest absolute Gasteiger partial charge is 0.338 e. The molecule has 1 aliphatic heterocycles. The Morgan fingerprint density at radius 2 is 2.14 bits per heavy atom. The highest BCUT2D eigenvalue weighted by Crippen LogP contribution is 2.31. The van der Waals surface area contributed by atoms with E-state index in [2.05, 4.69) is 6.08 Å². The van der Waals surface area contributed by atoms with Crippen LogP contribution in [0.5, 0.6) is 0 Å². The summed E-state index contributed by atoms with van der Waals surface area (Å²) in [7, 11) is 0. The Labute approximate surface area is 82.2 Å². The second-order valence-corrected chi connectivity index (χ2v) is 3.80. The van der Waals surface area contributed by atoms with Gasteiger partial charge in [-0.2, -0.15) is 0 Å². The van der Waals surface area contributed by atoms with Crippen molar-refractivity contribution in [2.24, 2.45) is 0 Å². The van der Waals surface area contributed by atoms with Crippen LogP contribution in [0.3, 0.4) is 0 Å². The molecule has 14 heavy (non-hydrogen) atoms. The number of cyclic esters (lactones) is 1. The van der Waals surface area contributed by atoms with Gasteiger partial charge in [-0.1, -0.05) is 17.7 Å². The van der Waals surface area contributed by atoms with Gasteiger partial charge in [-0.3, -0.25) is 0 Å². The fourth-order valence-electron chi connectivity index (χ4n) is 1.70. The molecule has 0 bridgehead atoms. The van der Waals surface area contributed by atoms with Crippen LogP contribution >= 0.6 is 0 Å². The van der Waals surface area contributed by atoms with E-state index in [1.807, 2.05) is 18.2 Å². The molecule has 0 aromatic heterocycles. The first kappa shape index (κ1) is 7.80. The number of carbonyl (C=O) groups excluding carboxylic acids is 1. The standard InChI is InChI=1S/C12H10O2/c13-12-11-4-3-9(5-8-1-2-8)6-10(11)7-14-12/h3-6H,1-2,7H2. The first-order chi connectivity index (χ1) is 6.83. The van der Waals surface area contributed by atoms with Crippen molar-refractivity contribution in [3.05, 3.63) is 40.5 Å². The van der Waals surface area contributed by atoms with Crippen LogP contribution in [0.15, 0.2) is 23.8 Å². The Kier molecular flexibility index (Phi) is 1.51. The van der Waals surface area contributed by atoms with Crippen LogP contribution in [0.4, 0.5) is 0 Å². The van der Waals surface area contributed by atoms with Gasteiger partial charge in [-0.15, -0.1) is 0 Å². The summed E-state index contributed by atoms with van der Waals surface area (Å²) in [6.07, 6.45) is 4.65. The van der Waals surface area contributed by atoms with E-state index in [0.29, 0.717) is 6.61 Å². The molecule has 1 fully saturated rings. The SMILES string of the molecule is O=C1OCc2cc(C=C3CC3)ccc21. The molecule has 0 unspecified atom stereocenters. The molecular weight excluding hydrogens is 176 g/mol. The number of fused-ring (bicyclic) bond motifs is 1. The molecule has 2 aliphatic rings. The molecule has 1 heterocycles. The van der Waals surface area contributed by atoms with E-state index in [1.165, 1.54) is 24.0 Å². The summed E-state index contributed by atoms with van der Waals surface area (Å²) in [5, 5.41) is 0. The summed E-state index contributed by atoms with van der Waals surface area (Å²) in [6, 6.07) is 5.89. The number of carbonyl (C=O) groups is 1. The summed E-state index contributed by atoms with van der Waals surface area (Å²) < 4.78 is 4.94. The maximum Gasteiger partial charge on any atom is 0.338 e. The molecule has 70 valence electrons. The maximum atomic E-state index is 11.2. The Morgan fingerprint density at radius 3 is 2.93 bits per heavy atom. The van der Waals surface area contributed by atoms with Crippen molar-refractivity contribution in [2.45, 2.75) is 19.4 Å². The van der Waals surface area contributed by atoms with E-state index in [1.54, 1.807) is 0 Å². The average Bonchev–Trinajstić information content (AvgIpc) is 2.92. The maximum absolute atomic E-state index is 11.2. The minimum absolute atomic E-state index is 0.189. The molecule has 3 rings (SSSR count). The first-order valence-electron chi connectivity index (χ1n) is 4.82. The highest BCUT2D eigenvalue weighted by Gasteiger charge is 2.20. The molecule has 0 saturated heterocycles. The minimum atomic E-state index is -0.189. The molecule has 0 spiro atoms. The topological polar surface area (TPSA) is 26.3 Å². The molecule has 2 heteroatoms. The predicted molar refractivity (Wildman–Crippen MR) is 52.8 cm³/mol. The number of rotatable bonds is 1. The van der Waals surface area contributed by atoms with E-state index in [9.17, 15) is 4.79 Å². The van der Waals surface area contributed by atoms with Gasteiger partial charge < -0.3 is 4.74 Å². The van der Waals surface area contributed by atoms with Gasteiger partial charge >= 0.3 is 5.97 Å². The predicted octanol–water partition coefficient (Wildman–Crippen LogP) is 2.53. The largest absolute Gasteiger partial charge is 0.457 e. The molecular formula is C12H10O2. The number of allylic oxidation sites excluding steroid dienone is 1. The fourth-order valence-corrected chi connectivity index (χ4v) is 1.70. The summed E-state index contributed by atoms with van der Waals surface area (Å²) >= 11 is 0. The third-order valence-corrected chi connectivity index (χ3v) is 2.62. The Balaban J connectivity index is 2.03. The normalized spacial score (nSPS) is 17.7. The zero-order valence-electron chi connectivity index (χ0n) is 7.75. The number of esters is 1. The van der Waals surface area contributed by atoms with Crippen molar-refractivity contribution in [3.8, 4) is 0 Å². The van der Waals surface area contributed by atoms with Crippen molar-refractivity contribution in [2.75, 3.05) is 0 Å². The molecule has 1 aromatic carbocycles. The van der Waals surface area contributed by atoms with Gasteiger partial charge in [0.15, 0.2) is 0 Å². The van der Waals surface area contributed by atoms with Gasteiger partial charge in [0.2, 0.25) is 0 Å². The third kappa shape index (κ3) is 1.23. The lowest BCUT2D eigenvalue weighted by Gasteiger charge is -1.96. The third-order valence-electron chi connectivity index (χ3n) is 2.62. The summed E-state index contributed by atoms with van der Waals surface area (Å²) in [6.45, 7) is 0.436. The van der Waals surface area contributed by atoms with E-state index in [-0.39, 0.29) is 5.97 Å². The second kappa shape index (κ2) is 2.71. The molecule has 2 nitrogen and oxygen atoms in total. The quantitative estimate of drug-likeness (QED) is 0.630. The molecule has 1 aliphatic carbocycles. The van der Waals surface area contributed by atoms with Gasteiger partial charge in [-0.05, 0) is 30.5 Å². The van der Waals surface area contributed by atoms with Crippen LogP contribution in [0.1, 0.15) is 34.3 Å². The summed E-state index contributed by atoms with van der Waals surface area (Å²) in [5.41, 5.74) is 4.43. The van der Waals surface area contributed by atoms with Crippen molar-refractivity contribution < 1.29 is 9.53 Å². The zero-order valence-corrected chi connectivity index (χ0v) is 7.75. The van der Waals surface area contributed by atoms with E-state index < -0.39 is 0 Å². The molecule has 0 radical (unpaired) electrons. The molecule has 0 amide bonds. The Hall–Kier alpha value is -1.57. The second-order valence-electron chi connectivity index (χ2n) is 3.80. The van der Waals surface area contributed by atoms with Crippen molar-refractivity contribution in [1.82, 2.24) is 0 Å². The number of ether oxygens (including phenoxy) is 1. The number of hydrogen-bond acceptors (Lipinski definition) is 2. The lowest BCUT2D eigenvalue weighted by molar-refractivity contribution is 0.0535. The first-order valence-corrected chi connectivity index (χ1v) is 4.82. The molecule has 1 aromatic rings. The van der Waals surface area contributed by atoms with Crippen molar-refractivity contribution in [1.29, 1.82) is 0 Å². The lowest BCUT2D eigenvalue weighted by atomic mass is 10.1. The highest BCUT2D eigenvalue weighted by molar-refractivity contribution is 5.93. The molecule has 0 atom stereocenters. The fraction of sp³-hybridized carbons (Fsp3) is 0.250.